The Hall–Kier alpha value is -2.74. The number of nitrogens with one attached hydrogen (secondary N) is 1. The van der Waals surface area contributed by atoms with Crippen LogP contribution in [0.5, 0.6) is 0 Å². The summed E-state index contributed by atoms with van der Waals surface area (Å²) < 4.78 is 1.66. The Morgan fingerprint density at radius 2 is 2.04 bits per heavy atom. The van der Waals surface area contributed by atoms with E-state index in [0.717, 1.165) is 22.5 Å². The van der Waals surface area contributed by atoms with Gasteiger partial charge in [0.25, 0.3) is 0 Å². The van der Waals surface area contributed by atoms with E-state index >= 15 is 0 Å². The van der Waals surface area contributed by atoms with Gasteiger partial charge in [-0.25, -0.2) is 4.98 Å². The average Bonchev–Trinajstić information content (AvgIpc) is 3.03. The van der Waals surface area contributed by atoms with Crippen molar-refractivity contribution in [2.75, 3.05) is 11.1 Å². The fraction of sp³-hybridized carbons (Fsp3) is 0.235. The number of aromatic nitrogens is 5. The molecule has 0 aliphatic carbocycles. The van der Waals surface area contributed by atoms with Crippen LogP contribution in [0.4, 0.5) is 5.82 Å². The maximum atomic E-state index is 12.1. The van der Waals surface area contributed by atoms with Gasteiger partial charge < -0.3 is 5.32 Å². The van der Waals surface area contributed by atoms with Gasteiger partial charge in [0.1, 0.15) is 5.82 Å². The molecule has 0 saturated heterocycles. The molecule has 2 aromatic heterocycles. The molecule has 2 heterocycles. The largest absolute Gasteiger partial charge is 0.310 e. The third-order valence-electron chi connectivity index (χ3n) is 3.52. The number of carbonyl (C=O) groups is 1. The second kappa shape index (κ2) is 7.43. The molecule has 7 nitrogen and oxygen atoms in total. The van der Waals surface area contributed by atoms with E-state index < -0.39 is 0 Å². The second-order valence-electron chi connectivity index (χ2n) is 5.66. The smallest absolute Gasteiger partial charge is 0.236 e. The van der Waals surface area contributed by atoms with E-state index in [4.69, 9.17) is 0 Å². The predicted molar refractivity (Wildman–Crippen MR) is 97.0 cm³/mol. The molecule has 1 amide bonds. The first-order valence-electron chi connectivity index (χ1n) is 7.75. The summed E-state index contributed by atoms with van der Waals surface area (Å²) >= 11 is 1.28. The Kier molecular flexibility index (Phi) is 5.08. The molecular weight excluding hydrogens is 336 g/mol. The summed E-state index contributed by atoms with van der Waals surface area (Å²) in [6, 6.07) is 11.6. The monoisotopic (exact) mass is 354 g/mol. The van der Waals surface area contributed by atoms with Crippen molar-refractivity contribution in [3.8, 4) is 5.69 Å². The van der Waals surface area contributed by atoms with Gasteiger partial charge in [0.05, 0.1) is 11.4 Å². The van der Waals surface area contributed by atoms with Crippen molar-refractivity contribution in [1.82, 2.24) is 25.2 Å². The molecule has 1 N–H and O–H groups in total. The van der Waals surface area contributed by atoms with E-state index in [1.54, 1.807) is 10.7 Å². The fourth-order valence-electron chi connectivity index (χ4n) is 2.29. The first-order chi connectivity index (χ1) is 12.0. The van der Waals surface area contributed by atoms with Crippen molar-refractivity contribution in [2.24, 2.45) is 0 Å². The lowest BCUT2D eigenvalue weighted by atomic mass is 10.1. The van der Waals surface area contributed by atoms with Crippen molar-refractivity contribution in [1.29, 1.82) is 0 Å². The van der Waals surface area contributed by atoms with Crippen LogP contribution in [0.1, 0.15) is 16.8 Å². The summed E-state index contributed by atoms with van der Waals surface area (Å²) in [5, 5.41) is 15.2. The number of amides is 1. The van der Waals surface area contributed by atoms with Crippen LogP contribution < -0.4 is 5.32 Å². The van der Waals surface area contributed by atoms with Crippen LogP contribution in [0.15, 0.2) is 41.6 Å². The normalized spacial score (nSPS) is 10.7. The van der Waals surface area contributed by atoms with E-state index in [0.29, 0.717) is 11.0 Å². The van der Waals surface area contributed by atoms with Gasteiger partial charge in [-0.05, 0) is 60.5 Å². The lowest BCUT2D eigenvalue weighted by Gasteiger charge is -2.08. The third kappa shape index (κ3) is 4.21. The Morgan fingerprint density at radius 1 is 1.20 bits per heavy atom. The number of thioether (sulfide) groups is 1. The molecule has 25 heavy (non-hydrogen) atoms. The summed E-state index contributed by atoms with van der Waals surface area (Å²) in [5.41, 5.74) is 3.95. The maximum absolute atomic E-state index is 12.1. The summed E-state index contributed by atoms with van der Waals surface area (Å²) in [6.07, 6.45) is 0. The third-order valence-corrected chi connectivity index (χ3v) is 4.44. The zero-order chi connectivity index (χ0) is 17.8. The highest BCUT2D eigenvalue weighted by Crippen LogP contribution is 2.21. The summed E-state index contributed by atoms with van der Waals surface area (Å²) in [5.74, 6) is 0.583. The average molecular weight is 354 g/mol. The van der Waals surface area contributed by atoms with Gasteiger partial charge in [0, 0.05) is 5.69 Å². The van der Waals surface area contributed by atoms with Gasteiger partial charge in [-0.2, -0.15) is 4.68 Å². The number of hydrogen-bond donors (Lipinski definition) is 1. The molecule has 0 bridgehead atoms. The van der Waals surface area contributed by atoms with Crippen molar-refractivity contribution >= 4 is 23.5 Å². The minimum Gasteiger partial charge on any atom is -0.310 e. The SMILES string of the molecule is Cc1ccc(C)c(-n2nnnc2SCC(=O)Nc2cccc(C)n2)c1. The Labute approximate surface area is 149 Å². The molecule has 0 saturated carbocycles. The highest BCUT2D eigenvalue weighted by Gasteiger charge is 2.13. The van der Waals surface area contributed by atoms with Gasteiger partial charge in [-0.1, -0.05) is 30.0 Å². The molecule has 0 unspecified atom stereocenters. The van der Waals surface area contributed by atoms with Gasteiger partial charge in [0.15, 0.2) is 0 Å². The highest BCUT2D eigenvalue weighted by atomic mass is 32.2. The van der Waals surface area contributed by atoms with E-state index in [2.05, 4.69) is 25.8 Å². The number of hydrogen-bond acceptors (Lipinski definition) is 6. The van der Waals surface area contributed by atoms with Crippen LogP contribution in [-0.2, 0) is 4.79 Å². The number of tetrazole rings is 1. The number of anilines is 1. The van der Waals surface area contributed by atoms with Gasteiger partial charge in [-0.3, -0.25) is 4.79 Å². The lowest BCUT2D eigenvalue weighted by Crippen LogP contribution is -2.15. The topological polar surface area (TPSA) is 85.6 Å². The molecule has 3 aromatic rings. The van der Waals surface area contributed by atoms with Crippen molar-refractivity contribution < 1.29 is 4.79 Å². The number of benzene rings is 1. The molecule has 3 rings (SSSR count). The van der Waals surface area contributed by atoms with Crippen molar-refractivity contribution in [3.63, 3.8) is 0 Å². The predicted octanol–water partition coefficient (Wildman–Crippen LogP) is 2.71. The molecule has 0 atom stereocenters. The fourth-order valence-corrected chi connectivity index (χ4v) is 2.97. The zero-order valence-electron chi connectivity index (χ0n) is 14.2. The molecule has 8 heteroatoms. The van der Waals surface area contributed by atoms with Crippen LogP contribution in [0.25, 0.3) is 5.69 Å². The summed E-state index contributed by atoms with van der Waals surface area (Å²) in [6.45, 7) is 5.89. The second-order valence-corrected chi connectivity index (χ2v) is 6.61. The lowest BCUT2D eigenvalue weighted by molar-refractivity contribution is -0.113. The molecule has 0 fully saturated rings. The minimum absolute atomic E-state index is 0.154. The van der Waals surface area contributed by atoms with E-state index in [9.17, 15) is 4.79 Å². The van der Waals surface area contributed by atoms with E-state index in [-0.39, 0.29) is 11.7 Å². The van der Waals surface area contributed by atoms with E-state index in [1.165, 1.54) is 11.8 Å². The summed E-state index contributed by atoms with van der Waals surface area (Å²) in [7, 11) is 0. The van der Waals surface area contributed by atoms with Crippen LogP contribution >= 0.6 is 11.8 Å². The minimum atomic E-state index is -0.154. The van der Waals surface area contributed by atoms with Crippen LogP contribution in [0.2, 0.25) is 0 Å². The van der Waals surface area contributed by atoms with Crippen LogP contribution in [0.3, 0.4) is 0 Å². The molecular formula is C17H18N6OS. The van der Waals surface area contributed by atoms with Gasteiger partial charge in [0.2, 0.25) is 11.1 Å². The van der Waals surface area contributed by atoms with Crippen molar-refractivity contribution in [3.05, 3.63) is 53.2 Å². The number of aryl methyl sites for hydroxylation is 3. The summed E-state index contributed by atoms with van der Waals surface area (Å²) in [4.78, 5) is 16.4. The number of nitrogens with zero attached hydrogens (tertiary/aromatic N) is 5. The molecule has 128 valence electrons. The van der Waals surface area contributed by atoms with Gasteiger partial charge >= 0.3 is 0 Å². The van der Waals surface area contributed by atoms with Crippen LogP contribution in [-0.4, -0.2) is 36.9 Å². The Morgan fingerprint density at radius 3 is 2.84 bits per heavy atom. The highest BCUT2D eigenvalue weighted by molar-refractivity contribution is 7.99. The number of carbonyl (C=O) groups excluding carboxylic acids is 1. The first kappa shape index (κ1) is 17.1. The van der Waals surface area contributed by atoms with Gasteiger partial charge in [-0.15, -0.1) is 5.10 Å². The zero-order valence-corrected chi connectivity index (χ0v) is 15.0. The molecule has 0 aliphatic rings. The standard InChI is InChI=1S/C17H18N6OS/c1-11-7-8-12(2)14(9-11)23-17(20-21-22-23)25-10-16(24)19-15-6-4-5-13(3)18-15/h4-9H,10H2,1-3H3,(H,18,19,24). The van der Waals surface area contributed by atoms with Crippen LogP contribution in [0, 0.1) is 20.8 Å². The van der Waals surface area contributed by atoms with Crippen molar-refractivity contribution in [2.45, 2.75) is 25.9 Å². The quantitative estimate of drug-likeness (QED) is 0.709. The molecule has 0 aliphatic heterocycles. The maximum Gasteiger partial charge on any atom is 0.236 e. The molecule has 0 spiro atoms. The Balaban J connectivity index is 1.69. The molecule has 0 radical (unpaired) electrons. The van der Waals surface area contributed by atoms with E-state index in [1.807, 2.05) is 51.1 Å². The number of pyridine rings is 1. The number of rotatable bonds is 5. The first-order valence-corrected chi connectivity index (χ1v) is 8.74. The Bertz CT molecular complexity index is 908. The molecule has 1 aromatic carbocycles.